The zero-order valence-corrected chi connectivity index (χ0v) is 12.9. The van der Waals surface area contributed by atoms with Crippen molar-refractivity contribution in [2.45, 2.75) is 51.6 Å². The molecule has 3 rings (SSSR count). The van der Waals surface area contributed by atoms with Crippen molar-refractivity contribution in [1.29, 1.82) is 0 Å². The number of nitrogens with zero attached hydrogens (tertiary/aromatic N) is 2. The average Bonchev–Trinajstić information content (AvgIpc) is 3.11. The number of aromatic nitrogens is 1. The number of nitrogens with one attached hydrogen (secondary N) is 1. The van der Waals surface area contributed by atoms with Gasteiger partial charge < -0.3 is 16.0 Å². The van der Waals surface area contributed by atoms with Crippen molar-refractivity contribution in [3.05, 3.63) is 22.9 Å². The minimum atomic E-state index is -0.375. The maximum Gasteiger partial charge on any atom is 0.252 e. The van der Waals surface area contributed by atoms with Gasteiger partial charge >= 0.3 is 0 Å². The summed E-state index contributed by atoms with van der Waals surface area (Å²) in [5.41, 5.74) is 8.07. The predicted octanol–water partition coefficient (Wildman–Crippen LogP) is 1.52. The molecule has 2 fully saturated rings. The Kier molecular flexibility index (Phi) is 3.85. The van der Waals surface area contributed by atoms with E-state index in [-0.39, 0.29) is 5.91 Å². The molecule has 1 atom stereocenters. The van der Waals surface area contributed by atoms with Crippen molar-refractivity contribution in [2.75, 3.05) is 18.0 Å². The van der Waals surface area contributed by atoms with Gasteiger partial charge in [-0.3, -0.25) is 4.79 Å². The molecule has 1 aliphatic carbocycles. The summed E-state index contributed by atoms with van der Waals surface area (Å²) in [6.45, 7) is 5.92. The normalized spacial score (nSPS) is 21.5. The molecule has 1 saturated carbocycles. The van der Waals surface area contributed by atoms with Crippen LogP contribution in [-0.4, -0.2) is 36.1 Å². The predicted molar refractivity (Wildman–Crippen MR) is 83.6 cm³/mol. The van der Waals surface area contributed by atoms with Gasteiger partial charge in [-0.15, -0.1) is 0 Å². The fourth-order valence-electron chi connectivity index (χ4n) is 3.27. The summed E-state index contributed by atoms with van der Waals surface area (Å²) < 4.78 is 0. The summed E-state index contributed by atoms with van der Waals surface area (Å²) in [6, 6.07) is 2.94. The molecule has 5 nitrogen and oxygen atoms in total. The number of primary amides is 1. The highest BCUT2D eigenvalue weighted by Crippen LogP contribution is 2.34. The van der Waals surface area contributed by atoms with E-state index in [2.05, 4.69) is 15.2 Å². The van der Waals surface area contributed by atoms with Gasteiger partial charge in [-0.1, -0.05) is 0 Å². The van der Waals surface area contributed by atoms with Gasteiger partial charge in [-0.05, 0) is 57.7 Å². The lowest BCUT2D eigenvalue weighted by atomic mass is 10.1. The molecule has 1 aromatic heterocycles. The molecule has 3 N–H and O–H groups in total. The molecular formula is C16H24N4O. The van der Waals surface area contributed by atoms with E-state index < -0.39 is 0 Å². The van der Waals surface area contributed by atoms with Crippen LogP contribution in [0.15, 0.2) is 6.07 Å². The summed E-state index contributed by atoms with van der Waals surface area (Å²) >= 11 is 0. The molecule has 5 heteroatoms. The molecule has 0 radical (unpaired) electrons. The number of nitrogens with two attached hydrogens (primary N) is 1. The molecular weight excluding hydrogens is 264 g/mol. The van der Waals surface area contributed by atoms with E-state index in [9.17, 15) is 4.79 Å². The second-order valence-electron chi connectivity index (χ2n) is 6.32. The first kappa shape index (κ1) is 14.3. The third kappa shape index (κ3) is 3.02. The fraction of sp³-hybridized carbons (Fsp3) is 0.625. The standard InChI is InChI=1S/C16H24N4O/c1-10-8-11(2)19-16(14(10)15(17)21)20(13-5-6-13)9-12-4-3-7-18-12/h8,12-13,18H,3-7,9H2,1-2H3,(H2,17,21). The summed E-state index contributed by atoms with van der Waals surface area (Å²) in [5, 5.41) is 3.53. The van der Waals surface area contributed by atoms with Crippen LogP contribution in [0.1, 0.15) is 47.3 Å². The van der Waals surface area contributed by atoms with Gasteiger partial charge in [0.2, 0.25) is 0 Å². The number of hydrogen-bond acceptors (Lipinski definition) is 4. The van der Waals surface area contributed by atoms with E-state index in [1.165, 1.54) is 25.7 Å². The Bertz CT molecular complexity index is 547. The maximum absolute atomic E-state index is 11.9. The highest BCUT2D eigenvalue weighted by Gasteiger charge is 2.34. The number of amides is 1. The van der Waals surface area contributed by atoms with Crippen molar-refractivity contribution in [3.8, 4) is 0 Å². The van der Waals surface area contributed by atoms with Crippen LogP contribution in [0.4, 0.5) is 5.82 Å². The largest absolute Gasteiger partial charge is 0.365 e. The third-order valence-corrected chi connectivity index (χ3v) is 4.41. The van der Waals surface area contributed by atoms with Crippen LogP contribution < -0.4 is 16.0 Å². The quantitative estimate of drug-likeness (QED) is 0.861. The van der Waals surface area contributed by atoms with Crippen molar-refractivity contribution < 1.29 is 4.79 Å². The molecule has 1 unspecified atom stereocenters. The van der Waals surface area contributed by atoms with Crippen molar-refractivity contribution >= 4 is 11.7 Å². The second-order valence-corrected chi connectivity index (χ2v) is 6.32. The number of anilines is 1. The Labute approximate surface area is 125 Å². The number of carbonyl (C=O) groups excluding carboxylic acids is 1. The molecule has 0 aromatic carbocycles. The van der Waals surface area contributed by atoms with Crippen LogP contribution in [-0.2, 0) is 0 Å². The minimum absolute atomic E-state index is 0.375. The first-order valence-electron chi connectivity index (χ1n) is 7.84. The van der Waals surface area contributed by atoms with E-state index in [0.29, 0.717) is 17.6 Å². The molecule has 1 saturated heterocycles. The molecule has 0 bridgehead atoms. The van der Waals surface area contributed by atoms with Crippen LogP contribution in [0.2, 0.25) is 0 Å². The van der Waals surface area contributed by atoms with Crippen LogP contribution >= 0.6 is 0 Å². The first-order valence-corrected chi connectivity index (χ1v) is 7.84. The lowest BCUT2D eigenvalue weighted by molar-refractivity contribution is 0.1000. The highest BCUT2D eigenvalue weighted by molar-refractivity contribution is 5.99. The molecule has 2 aliphatic rings. The topological polar surface area (TPSA) is 71.2 Å². The Balaban J connectivity index is 1.96. The second kappa shape index (κ2) is 5.64. The van der Waals surface area contributed by atoms with Crippen LogP contribution in [0, 0.1) is 13.8 Å². The highest BCUT2D eigenvalue weighted by atomic mass is 16.1. The SMILES string of the molecule is Cc1cc(C)c(C(N)=O)c(N(CC2CCCN2)C2CC2)n1. The monoisotopic (exact) mass is 288 g/mol. The van der Waals surface area contributed by atoms with E-state index in [1.807, 2.05) is 19.9 Å². The Morgan fingerprint density at radius 1 is 1.43 bits per heavy atom. The van der Waals surface area contributed by atoms with Gasteiger partial charge in [0.25, 0.3) is 5.91 Å². The maximum atomic E-state index is 11.9. The Hall–Kier alpha value is -1.62. The van der Waals surface area contributed by atoms with Gasteiger partial charge in [0, 0.05) is 24.3 Å². The molecule has 2 heterocycles. The number of hydrogen-bond donors (Lipinski definition) is 2. The van der Waals surface area contributed by atoms with Gasteiger partial charge in [0.05, 0.1) is 5.56 Å². The fourth-order valence-corrected chi connectivity index (χ4v) is 3.27. The van der Waals surface area contributed by atoms with Crippen molar-refractivity contribution in [2.24, 2.45) is 5.73 Å². The summed E-state index contributed by atoms with van der Waals surface area (Å²) in [6.07, 6.45) is 4.78. The third-order valence-electron chi connectivity index (χ3n) is 4.41. The van der Waals surface area contributed by atoms with E-state index in [4.69, 9.17) is 5.73 Å². The Morgan fingerprint density at radius 2 is 2.19 bits per heavy atom. The van der Waals surface area contributed by atoms with Crippen LogP contribution in [0.5, 0.6) is 0 Å². The van der Waals surface area contributed by atoms with E-state index in [0.717, 1.165) is 30.2 Å². The zero-order valence-electron chi connectivity index (χ0n) is 12.9. The van der Waals surface area contributed by atoms with Gasteiger partial charge in [0.1, 0.15) is 5.82 Å². The van der Waals surface area contributed by atoms with Gasteiger partial charge in [-0.2, -0.15) is 0 Å². The summed E-state index contributed by atoms with van der Waals surface area (Å²) in [4.78, 5) is 18.8. The number of aryl methyl sites for hydroxylation is 2. The molecule has 1 amide bonds. The molecule has 0 spiro atoms. The Morgan fingerprint density at radius 3 is 2.76 bits per heavy atom. The average molecular weight is 288 g/mol. The van der Waals surface area contributed by atoms with Crippen LogP contribution in [0.25, 0.3) is 0 Å². The summed E-state index contributed by atoms with van der Waals surface area (Å²) in [5.74, 6) is 0.413. The van der Waals surface area contributed by atoms with Gasteiger partial charge in [-0.25, -0.2) is 4.98 Å². The molecule has 1 aliphatic heterocycles. The van der Waals surface area contributed by atoms with Crippen molar-refractivity contribution in [1.82, 2.24) is 10.3 Å². The number of carbonyl (C=O) groups is 1. The number of rotatable bonds is 5. The summed E-state index contributed by atoms with van der Waals surface area (Å²) in [7, 11) is 0. The first-order chi connectivity index (χ1) is 10.1. The zero-order chi connectivity index (χ0) is 15.0. The lowest BCUT2D eigenvalue weighted by Crippen LogP contribution is -2.40. The lowest BCUT2D eigenvalue weighted by Gasteiger charge is -2.29. The van der Waals surface area contributed by atoms with E-state index in [1.54, 1.807) is 0 Å². The van der Waals surface area contributed by atoms with Crippen molar-refractivity contribution in [3.63, 3.8) is 0 Å². The molecule has 1 aromatic rings. The molecule has 114 valence electrons. The number of pyridine rings is 1. The van der Waals surface area contributed by atoms with Gasteiger partial charge in [0.15, 0.2) is 0 Å². The van der Waals surface area contributed by atoms with E-state index >= 15 is 0 Å². The molecule has 21 heavy (non-hydrogen) atoms. The van der Waals surface area contributed by atoms with Crippen LogP contribution in [0.3, 0.4) is 0 Å². The minimum Gasteiger partial charge on any atom is -0.365 e. The smallest absolute Gasteiger partial charge is 0.252 e.